The highest BCUT2D eigenvalue weighted by Gasteiger charge is 2.16. The molecule has 0 aromatic heterocycles. The van der Waals surface area contributed by atoms with Crippen LogP contribution in [0.5, 0.6) is 5.75 Å². The lowest BCUT2D eigenvalue weighted by molar-refractivity contribution is 0.0520. The van der Waals surface area contributed by atoms with Crippen molar-refractivity contribution in [3.05, 3.63) is 29.1 Å². The molecule has 1 aromatic carbocycles. The van der Waals surface area contributed by atoms with Gasteiger partial charge in [0.25, 0.3) is 0 Å². The first-order chi connectivity index (χ1) is 7.11. The average molecular weight is 212 g/mol. The van der Waals surface area contributed by atoms with Crippen molar-refractivity contribution in [2.24, 2.45) is 0 Å². The van der Waals surface area contributed by atoms with E-state index in [-0.39, 0.29) is 12.2 Å². The molecule has 0 atom stereocenters. The van der Waals surface area contributed by atoms with E-state index in [2.05, 4.69) is 0 Å². The molecule has 0 fully saturated rings. The molecule has 0 N–H and O–H groups in total. The number of methoxy groups -OCH3 is 1. The number of hydrogen-bond donors (Lipinski definition) is 0. The maximum Gasteiger partial charge on any atom is 0.341 e. The Labute approximate surface area is 87.8 Å². The zero-order chi connectivity index (χ0) is 11.4. The Hall–Kier alpha value is -1.58. The van der Waals surface area contributed by atoms with Gasteiger partial charge in [-0.1, -0.05) is 0 Å². The van der Waals surface area contributed by atoms with E-state index in [1.807, 2.05) is 0 Å². The quantitative estimate of drug-likeness (QED) is 0.721. The summed E-state index contributed by atoms with van der Waals surface area (Å²) in [6.45, 7) is 3.45. The van der Waals surface area contributed by atoms with Gasteiger partial charge < -0.3 is 9.47 Å². The van der Waals surface area contributed by atoms with Gasteiger partial charge in [-0.25, -0.2) is 9.18 Å². The number of ether oxygens (including phenoxy) is 2. The summed E-state index contributed by atoms with van der Waals surface area (Å²) in [6, 6.07) is 2.91. The average Bonchev–Trinajstić information content (AvgIpc) is 2.22. The fraction of sp³-hybridized carbons (Fsp3) is 0.364. The lowest BCUT2D eigenvalue weighted by atomic mass is 10.1. The first-order valence-corrected chi connectivity index (χ1v) is 4.62. The number of esters is 1. The fourth-order valence-corrected chi connectivity index (χ4v) is 1.25. The first kappa shape index (κ1) is 11.5. The Morgan fingerprint density at radius 2 is 2.13 bits per heavy atom. The van der Waals surface area contributed by atoms with Crippen LogP contribution in [0.3, 0.4) is 0 Å². The maximum absolute atomic E-state index is 13.6. The SMILES string of the molecule is CCOC(=O)c1ccc(OC)c(C)c1F. The molecule has 1 rings (SSSR count). The van der Waals surface area contributed by atoms with E-state index in [0.717, 1.165) is 0 Å². The molecular weight excluding hydrogens is 199 g/mol. The number of carbonyl (C=O) groups excluding carboxylic acids is 1. The number of halogens is 1. The predicted molar refractivity (Wildman–Crippen MR) is 53.6 cm³/mol. The molecular formula is C11H13FO3. The lowest BCUT2D eigenvalue weighted by Crippen LogP contribution is -2.08. The zero-order valence-corrected chi connectivity index (χ0v) is 8.96. The highest BCUT2D eigenvalue weighted by molar-refractivity contribution is 5.90. The molecule has 0 spiro atoms. The highest BCUT2D eigenvalue weighted by Crippen LogP contribution is 2.23. The summed E-state index contributed by atoms with van der Waals surface area (Å²) in [5, 5.41) is 0. The van der Waals surface area contributed by atoms with Crippen LogP contribution in [-0.4, -0.2) is 19.7 Å². The molecule has 0 aliphatic rings. The molecule has 15 heavy (non-hydrogen) atoms. The smallest absolute Gasteiger partial charge is 0.341 e. The van der Waals surface area contributed by atoms with Crippen LogP contribution in [0.15, 0.2) is 12.1 Å². The Kier molecular flexibility index (Phi) is 3.66. The van der Waals surface area contributed by atoms with Gasteiger partial charge in [0.15, 0.2) is 0 Å². The molecule has 0 saturated heterocycles. The molecule has 0 heterocycles. The summed E-state index contributed by atoms with van der Waals surface area (Å²) < 4.78 is 23.3. The third-order valence-corrected chi connectivity index (χ3v) is 2.05. The Balaban J connectivity index is 3.11. The van der Waals surface area contributed by atoms with Gasteiger partial charge in [0.2, 0.25) is 0 Å². The number of benzene rings is 1. The van der Waals surface area contributed by atoms with Crippen LogP contribution in [0.25, 0.3) is 0 Å². The van der Waals surface area contributed by atoms with E-state index in [9.17, 15) is 9.18 Å². The van der Waals surface area contributed by atoms with Crippen molar-refractivity contribution in [2.45, 2.75) is 13.8 Å². The Bertz CT molecular complexity index is 374. The third-order valence-electron chi connectivity index (χ3n) is 2.05. The zero-order valence-electron chi connectivity index (χ0n) is 8.96. The van der Waals surface area contributed by atoms with Gasteiger partial charge in [-0.2, -0.15) is 0 Å². The van der Waals surface area contributed by atoms with Gasteiger partial charge in [-0.3, -0.25) is 0 Å². The maximum atomic E-state index is 13.6. The predicted octanol–water partition coefficient (Wildman–Crippen LogP) is 2.32. The van der Waals surface area contributed by atoms with E-state index in [0.29, 0.717) is 11.3 Å². The summed E-state index contributed by atoms with van der Waals surface area (Å²) in [4.78, 5) is 11.3. The van der Waals surface area contributed by atoms with Crippen LogP contribution >= 0.6 is 0 Å². The van der Waals surface area contributed by atoms with E-state index in [4.69, 9.17) is 9.47 Å². The van der Waals surface area contributed by atoms with Crippen molar-refractivity contribution in [1.82, 2.24) is 0 Å². The topological polar surface area (TPSA) is 35.5 Å². The minimum absolute atomic E-state index is 0.0600. The number of carbonyl (C=O) groups is 1. The summed E-state index contributed by atoms with van der Waals surface area (Å²) in [5.41, 5.74) is 0.248. The first-order valence-electron chi connectivity index (χ1n) is 4.62. The molecule has 0 saturated carbocycles. The van der Waals surface area contributed by atoms with Crippen molar-refractivity contribution in [3.63, 3.8) is 0 Å². The third kappa shape index (κ3) is 2.26. The van der Waals surface area contributed by atoms with Gasteiger partial charge in [0.05, 0.1) is 19.3 Å². The van der Waals surface area contributed by atoms with Crippen LogP contribution in [-0.2, 0) is 4.74 Å². The molecule has 0 bridgehead atoms. The van der Waals surface area contributed by atoms with Crippen LogP contribution in [0.1, 0.15) is 22.8 Å². The van der Waals surface area contributed by atoms with Crippen molar-refractivity contribution >= 4 is 5.97 Å². The largest absolute Gasteiger partial charge is 0.496 e. The number of hydrogen-bond acceptors (Lipinski definition) is 3. The second-order valence-electron chi connectivity index (χ2n) is 2.97. The molecule has 0 amide bonds. The van der Waals surface area contributed by atoms with Crippen molar-refractivity contribution < 1.29 is 18.7 Å². The minimum Gasteiger partial charge on any atom is -0.496 e. The fourth-order valence-electron chi connectivity index (χ4n) is 1.25. The second kappa shape index (κ2) is 4.77. The van der Waals surface area contributed by atoms with Crippen LogP contribution in [0.4, 0.5) is 4.39 Å². The van der Waals surface area contributed by atoms with Crippen molar-refractivity contribution in [3.8, 4) is 5.75 Å². The molecule has 0 radical (unpaired) electrons. The normalized spacial score (nSPS) is 9.87. The molecule has 82 valence electrons. The van der Waals surface area contributed by atoms with Gasteiger partial charge in [0, 0.05) is 5.56 Å². The molecule has 0 unspecified atom stereocenters. The van der Waals surface area contributed by atoms with Crippen LogP contribution in [0.2, 0.25) is 0 Å². The molecule has 4 heteroatoms. The lowest BCUT2D eigenvalue weighted by Gasteiger charge is -2.08. The van der Waals surface area contributed by atoms with Gasteiger partial charge >= 0.3 is 5.97 Å². The second-order valence-corrected chi connectivity index (χ2v) is 2.97. The summed E-state index contributed by atoms with van der Waals surface area (Å²) in [5.74, 6) is -0.825. The number of rotatable bonds is 3. The van der Waals surface area contributed by atoms with Crippen LogP contribution < -0.4 is 4.74 Å². The van der Waals surface area contributed by atoms with E-state index < -0.39 is 11.8 Å². The van der Waals surface area contributed by atoms with Crippen molar-refractivity contribution in [1.29, 1.82) is 0 Å². The summed E-state index contributed by atoms with van der Waals surface area (Å²) in [6.07, 6.45) is 0. The molecule has 1 aromatic rings. The van der Waals surface area contributed by atoms with Crippen LogP contribution in [0, 0.1) is 12.7 Å². The van der Waals surface area contributed by atoms with Gasteiger partial charge in [-0.15, -0.1) is 0 Å². The summed E-state index contributed by atoms with van der Waals surface area (Å²) in [7, 11) is 1.45. The molecule has 0 aliphatic heterocycles. The molecule has 0 aliphatic carbocycles. The van der Waals surface area contributed by atoms with E-state index in [1.54, 1.807) is 19.9 Å². The van der Waals surface area contributed by atoms with E-state index >= 15 is 0 Å². The standard InChI is InChI=1S/C11H13FO3/c1-4-15-11(13)8-5-6-9(14-3)7(2)10(8)12/h5-6H,4H2,1-3H3. The van der Waals surface area contributed by atoms with Crippen molar-refractivity contribution in [2.75, 3.05) is 13.7 Å². The van der Waals surface area contributed by atoms with E-state index in [1.165, 1.54) is 13.2 Å². The van der Waals surface area contributed by atoms with Gasteiger partial charge in [0.1, 0.15) is 11.6 Å². The molecule has 3 nitrogen and oxygen atoms in total. The highest BCUT2D eigenvalue weighted by atomic mass is 19.1. The Morgan fingerprint density at radius 1 is 1.47 bits per heavy atom. The van der Waals surface area contributed by atoms with Gasteiger partial charge in [-0.05, 0) is 26.0 Å². The Morgan fingerprint density at radius 3 is 2.67 bits per heavy atom. The minimum atomic E-state index is -0.652. The monoisotopic (exact) mass is 212 g/mol. The summed E-state index contributed by atoms with van der Waals surface area (Å²) >= 11 is 0.